The van der Waals surface area contributed by atoms with E-state index in [9.17, 15) is 14.0 Å². The van der Waals surface area contributed by atoms with Crippen LogP contribution in [0.1, 0.15) is 22.8 Å². The molecular formula is C16H14ClFN2O2. The van der Waals surface area contributed by atoms with Crippen molar-refractivity contribution in [2.75, 3.05) is 5.32 Å². The second kappa shape index (κ2) is 7.04. The molecule has 0 saturated carbocycles. The highest BCUT2D eigenvalue weighted by molar-refractivity contribution is 6.31. The first-order valence-electron chi connectivity index (χ1n) is 6.55. The molecule has 6 heteroatoms. The van der Waals surface area contributed by atoms with E-state index in [0.29, 0.717) is 17.8 Å². The molecule has 0 heterocycles. The van der Waals surface area contributed by atoms with Gasteiger partial charge in [0.25, 0.3) is 5.91 Å². The van der Waals surface area contributed by atoms with E-state index >= 15 is 0 Å². The summed E-state index contributed by atoms with van der Waals surface area (Å²) in [6.45, 7) is 1.85. The molecule has 2 rings (SSSR count). The molecule has 2 aromatic rings. The predicted octanol–water partition coefficient (Wildman–Crippen LogP) is 3.37. The van der Waals surface area contributed by atoms with Crippen LogP contribution in [0.5, 0.6) is 0 Å². The van der Waals surface area contributed by atoms with Crippen molar-refractivity contribution in [1.82, 2.24) is 5.32 Å². The third kappa shape index (κ3) is 4.30. The Morgan fingerprint density at radius 3 is 2.41 bits per heavy atom. The standard InChI is InChI=1S/C16H14ClFN2O2/c1-10(21)19-9-11-2-4-12(5-3-11)16(22)20-13-6-7-15(18)14(17)8-13/h2-8H,9H2,1H3,(H,19,21)(H,20,22). The lowest BCUT2D eigenvalue weighted by atomic mass is 10.1. The summed E-state index contributed by atoms with van der Waals surface area (Å²) < 4.78 is 13.1. The molecule has 114 valence electrons. The van der Waals surface area contributed by atoms with Gasteiger partial charge in [0, 0.05) is 24.7 Å². The maximum absolute atomic E-state index is 13.1. The second-order valence-electron chi connectivity index (χ2n) is 4.69. The van der Waals surface area contributed by atoms with Crippen molar-refractivity contribution >= 4 is 29.1 Å². The van der Waals surface area contributed by atoms with E-state index < -0.39 is 5.82 Å². The number of anilines is 1. The average Bonchev–Trinajstić information content (AvgIpc) is 2.49. The molecule has 0 aliphatic rings. The minimum atomic E-state index is -0.540. The van der Waals surface area contributed by atoms with Crippen molar-refractivity contribution in [2.45, 2.75) is 13.5 Å². The Balaban J connectivity index is 2.03. The number of hydrogen-bond acceptors (Lipinski definition) is 2. The minimum absolute atomic E-state index is 0.0524. The SMILES string of the molecule is CC(=O)NCc1ccc(C(=O)Nc2ccc(F)c(Cl)c2)cc1. The summed E-state index contributed by atoms with van der Waals surface area (Å²) >= 11 is 5.66. The zero-order valence-electron chi connectivity index (χ0n) is 11.8. The van der Waals surface area contributed by atoms with Crippen LogP contribution in [0.2, 0.25) is 5.02 Å². The highest BCUT2D eigenvalue weighted by Gasteiger charge is 2.08. The van der Waals surface area contributed by atoms with Crippen LogP contribution in [-0.4, -0.2) is 11.8 Å². The highest BCUT2D eigenvalue weighted by atomic mass is 35.5. The van der Waals surface area contributed by atoms with E-state index in [4.69, 9.17) is 11.6 Å². The van der Waals surface area contributed by atoms with E-state index in [2.05, 4.69) is 10.6 Å². The summed E-state index contributed by atoms with van der Waals surface area (Å²) in [6, 6.07) is 10.8. The topological polar surface area (TPSA) is 58.2 Å². The monoisotopic (exact) mass is 320 g/mol. The van der Waals surface area contributed by atoms with Gasteiger partial charge in [0.05, 0.1) is 5.02 Å². The quantitative estimate of drug-likeness (QED) is 0.907. The fraction of sp³-hybridized carbons (Fsp3) is 0.125. The summed E-state index contributed by atoms with van der Waals surface area (Å²) in [7, 11) is 0. The summed E-state index contributed by atoms with van der Waals surface area (Å²) in [5, 5.41) is 5.26. The summed E-state index contributed by atoms with van der Waals surface area (Å²) in [4.78, 5) is 22.9. The summed E-state index contributed by atoms with van der Waals surface area (Å²) in [5.74, 6) is -0.981. The second-order valence-corrected chi connectivity index (χ2v) is 5.10. The van der Waals surface area contributed by atoms with E-state index in [1.807, 2.05) is 0 Å². The van der Waals surface area contributed by atoms with Gasteiger partial charge in [-0.15, -0.1) is 0 Å². The van der Waals surface area contributed by atoms with Gasteiger partial charge in [-0.2, -0.15) is 0 Å². The maximum Gasteiger partial charge on any atom is 0.255 e. The number of halogens is 2. The predicted molar refractivity (Wildman–Crippen MR) is 83.3 cm³/mol. The molecule has 0 aliphatic carbocycles. The molecule has 2 N–H and O–H groups in total. The molecule has 0 radical (unpaired) electrons. The summed E-state index contributed by atoms with van der Waals surface area (Å²) in [6.07, 6.45) is 0. The Kier molecular flexibility index (Phi) is 5.12. The molecule has 0 aromatic heterocycles. The molecule has 2 amide bonds. The zero-order valence-corrected chi connectivity index (χ0v) is 12.6. The van der Waals surface area contributed by atoms with Crippen molar-refractivity contribution in [3.8, 4) is 0 Å². The van der Waals surface area contributed by atoms with Crippen molar-refractivity contribution in [1.29, 1.82) is 0 Å². The van der Waals surface area contributed by atoms with Gasteiger partial charge in [-0.05, 0) is 35.9 Å². The first-order valence-corrected chi connectivity index (χ1v) is 6.93. The Labute approximate surface area is 132 Å². The number of carbonyl (C=O) groups excluding carboxylic acids is 2. The fourth-order valence-corrected chi connectivity index (χ4v) is 1.96. The lowest BCUT2D eigenvalue weighted by Gasteiger charge is -2.07. The molecule has 4 nitrogen and oxygen atoms in total. The van der Waals surface area contributed by atoms with Crippen LogP contribution in [-0.2, 0) is 11.3 Å². The van der Waals surface area contributed by atoms with Gasteiger partial charge in [0.2, 0.25) is 5.91 Å². The lowest BCUT2D eigenvalue weighted by Crippen LogP contribution is -2.19. The smallest absolute Gasteiger partial charge is 0.255 e. The van der Waals surface area contributed by atoms with E-state index in [1.165, 1.54) is 25.1 Å². The molecule has 0 fully saturated rings. The van der Waals surface area contributed by atoms with Crippen molar-refractivity contribution < 1.29 is 14.0 Å². The Bertz CT molecular complexity index is 702. The normalized spacial score (nSPS) is 10.1. The van der Waals surface area contributed by atoms with Crippen molar-refractivity contribution in [3.05, 3.63) is 64.4 Å². The number of benzene rings is 2. The highest BCUT2D eigenvalue weighted by Crippen LogP contribution is 2.20. The number of amides is 2. The Morgan fingerprint density at radius 1 is 1.14 bits per heavy atom. The molecular weight excluding hydrogens is 307 g/mol. The van der Waals surface area contributed by atoms with Crippen molar-refractivity contribution in [3.63, 3.8) is 0 Å². The van der Waals surface area contributed by atoms with E-state index in [1.54, 1.807) is 24.3 Å². The van der Waals surface area contributed by atoms with Crippen LogP contribution >= 0.6 is 11.6 Å². The number of hydrogen-bond donors (Lipinski definition) is 2. The summed E-state index contributed by atoms with van der Waals surface area (Å²) in [5.41, 5.74) is 1.75. The molecule has 0 aliphatic heterocycles. The van der Waals surface area contributed by atoms with Gasteiger partial charge in [-0.1, -0.05) is 23.7 Å². The van der Waals surface area contributed by atoms with Crippen LogP contribution < -0.4 is 10.6 Å². The third-order valence-corrected chi connectivity index (χ3v) is 3.22. The first-order chi connectivity index (χ1) is 10.5. The fourth-order valence-electron chi connectivity index (χ4n) is 1.78. The van der Waals surface area contributed by atoms with Crippen LogP contribution in [0.4, 0.5) is 10.1 Å². The minimum Gasteiger partial charge on any atom is -0.352 e. The van der Waals surface area contributed by atoms with Gasteiger partial charge >= 0.3 is 0 Å². The molecule has 2 aromatic carbocycles. The Hall–Kier alpha value is -2.40. The molecule has 0 saturated heterocycles. The van der Waals surface area contributed by atoms with Gasteiger partial charge in [0.15, 0.2) is 0 Å². The van der Waals surface area contributed by atoms with Gasteiger partial charge in [-0.3, -0.25) is 9.59 Å². The van der Waals surface area contributed by atoms with Gasteiger partial charge in [0.1, 0.15) is 5.82 Å². The van der Waals surface area contributed by atoms with Crippen LogP contribution in [0.15, 0.2) is 42.5 Å². The molecule has 22 heavy (non-hydrogen) atoms. The van der Waals surface area contributed by atoms with Crippen LogP contribution in [0.3, 0.4) is 0 Å². The maximum atomic E-state index is 13.1. The van der Waals surface area contributed by atoms with Crippen LogP contribution in [0.25, 0.3) is 0 Å². The molecule has 0 spiro atoms. The zero-order chi connectivity index (χ0) is 16.1. The lowest BCUT2D eigenvalue weighted by molar-refractivity contribution is -0.119. The number of carbonyl (C=O) groups is 2. The number of rotatable bonds is 4. The molecule has 0 unspecified atom stereocenters. The van der Waals surface area contributed by atoms with Gasteiger partial charge in [-0.25, -0.2) is 4.39 Å². The van der Waals surface area contributed by atoms with E-state index in [0.717, 1.165) is 5.56 Å². The largest absolute Gasteiger partial charge is 0.352 e. The Morgan fingerprint density at radius 2 is 1.82 bits per heavy atom. The first kappa shape index (κ1) is 16.0. The third-order valence-electron chi connectivity index (χ3n) is 2.94. The molecule has 0 atom stereocenters. The van der Waals surface area contributed by atoms with Crippen LogP contribution in [0, 0.1) is 5.82 Å². The van der Waals surface area contributed by atoms with Gasteiger partial charge < -0.3 is 10.6 Å². The molecule has 0 bridgehead atoms. The average molecular weight is 321 g/mol. The van der Waals surface area contributed by atoms with Crippen molar-refractivity contribution in [2.24, 2.45) is 0 Å². The van der Waals surface area contributed by atoms with E-state index in [-0.39, 0.29) is 16.8 Å². The number of nitrogens with one attached hydrogen (secondary N) is 2.